The van der Waals surface area contributed by atoms with Crippen LogP contribution in [0.1, 0.15) is 0 Å². The minimum Gasteiger partial charge on any atom is -0.00192 e. The van der Waals surface area contributed by atoms with Crippen LogP contribution >= 0.6 is 0 Å². The van der Waals surface area contributed by atoms with Crippen LogP contribution in [0.3, 0.4) is 0 Å². The third-order valence-corrected chi connectivity index (χ3v) is 4.20. The molecule has 0 radical (unpaired) electrons. The van der Waals surface area contributed by atoms with Crippen LogP contribution in [-0.2, 0) is 21.8 Å². The van der Waals surface area contributed by atoms with Crippen molar-refractivity contribution in [1.82, 2.24) is 0 Å². The molecule has 1 aromatic rings. The van der Waals surface area contributed by atoms with Gasteiger partial charge in [0.15, 0.2) is 9.79 Å². The average Bonchev–Trinajstić information content (AvgIpc) is 2.04. The van der Waals surface area contributed by atoms with Gasteiger partial charge in [-0.1, -0.05) is 0 Å². The van der Waals surface area contributed by atoms with E-state index >= 15 is 0 Å². The zero-order chi connectivity index (χ0) is 9.14. The Hall–Kier alpha value is -0.0800. The Kier molecular flexibility index (Phi) is 3.53. The van der Waals surface area contributed by atoms with E-state index in [1.54, 1.807) is 0 Å². The predicted octanol–water partition coefficient (Wildman–Crippen LogP) is 2.16. The largest absolute Gasteiger partial charge is 0.154 e. The van der Waals surface area contributed by atoms with Crippen molar-refractivity contribution < 1.29 is 0 Å². The lowest BCUT2D eigenvalue weighted by Crippen LogP contribution is -1.98. The van der Waals surface area contributed by atoms with Crippen molar-refractivity contribution in [3.8, 4) is 0 Å². The number of benzene rings is 1. The van der Waals surface area contributed by atoms with E-state index in [0.717, 1.165) is 0 Å². The van der Waals surface area contributed by atoms with Crippen molar-refractivity contribution in [3.05, 3.63) is 24.3 Å². The molecule has 0 aliphatic heterocycles. The normalized spacial score (nSPS) is 11.2. The first-order chi connectivity index (χ1) is 5.61. The van der Waals surface area contributed by atoms with Crippen molar-refractivity contribution in [2.75, 3.05) is 25.0 Å². The second-order valence-electron chi connectivity index (χ2n) is 3.10. The summed E-state index contributed by atoms with van der Waals surface area (Å²) in [5, 5.41) is 0. The molecule has 0 aliphatic carbocycles. The fourth-order valence-electron chi connectivity index (χ4n) is 0.984. The fourth-order valence-corrected chi connectivity index (χ4v) is 2.34. The van der Waals surface area contributed by atoms with Gasteiger partial charge in [0.1, 0.15) is 25.0 Å². The molecule has 1 aromatic carbocycles. The first kappa shape index (κ1) is 10.0. The molecule has 0 atom stereocenters. The van der Waals surface area contributed by atoms with Crippen LogP contribution in [-0.4, -0.2) is 25.0 Å². The van der Waals surface area contributed by atoms with Gasteiger partial charge in [-0.25, -0.2) is 0 Å². The minimum atomic E-state index is 0.403. The van der Waals surface area contributed by atoms with Gasteiger partial charge in [-0.15, -0.1) is 0 Å². The van der Waals surface area contributed by atoms with Crippen LogP contribution < -0.4 is 0 Å². The first-order valence-electron chi connectivity index (χ1n) is 3.86. The third-order valence-electron chi connectivity index (χ3n) is 1.77. The molecule has 12 heavy (non-hydrogen) atoms. The van der Waals surface area contributed by atoms with Gasteiger partial charge < -0.3 is 0 Å². The Morgan fingerprint density at radius 2 is 0.917 bits per heavy atom. The summed E-state index contributed by atoms with van der Waals surface area (Å²) in [5.74, 6) is 0. The summed E-state index contributed by atoms with van der Waals surface area (Å²) in [6.07, 6.45) is 9.03. The van der Waals surface area contributed by atoms with Gasteiger partial charge in [0, 0.05) is 21.8 Å². The Labute approximate surface area is 81.1 Å². The second kappa shape index (κ2) is 4.24. The highest BCUT2D eigenvalue weighted by atomic mass is 32.2. The molecule has 0 nitrogen and oxygen atoms in total. The van der Waals surface area contributed by atoms with Gasteiger partial charge in [-0.2, -0.15) is 0 Å². The Morgan fingerprint density at radius 1 is 0.667 bits per heavy atom. The zero-order valence-corrected chi connectivity index (χ0v) is 9.76. The van der Waals surface area contributed by atoms with Crippen molar-refractivity contribution in [2.45, 2.75) is 9.79 Å². The van der Waals surface area contributed by atoms with Gasteiger partial charge in [0.05, 0.1) is 0 Å². The molecule has 0 saturated heterocycles. The summed E-state index contributed by atoms with van der Waals surface area (Å²) in [6.45, 7) is 0. The lowest BCUT2D eigenvalue weighted by Gasteiger charge is -1.97. The lowest BCUT2D eigenvalue weighted by atomic mass is 10.4. The molecule has 0 N–H and O–H groups in total. The van der Waals surface area contributed by atoms with E-state index in [4.69, 9.17) is 0 Å². The van der Waals surface area contributed by atoms with E-state index in [1.807, 2.05) is 0 Å². The molecule has 1 rings (SSSR count). The summed E-state index contributed by atoms with van der Waals surface area (Å²) in [5.41, 5.74) is 0. The molecule has 0 heterocycles. The van der Waals surface area contributed by atoms with Gasteiger partial charge in [0.25, 0.3) is 0 Å². The number of hydrogen-bond donors (Lipinski definition) is 0. The molecule has 0 amide bonds. The molecule has 0 unspecified atom stereocenters. The number of hydrogen-bond acceptors (Lipinski definition) is 0. The minimum absolute atomic E-state index is 0.403. The van der Waals surface area contributed by atoms with Gasteiger partial charge in [0.2, 0.25) is 0 Å². The summed E-state index contributed by atoms with van der Waals surface area (Å²) >= 11 is 0. The highest BCUT2D eigenvalue weighted by Gasteiger charge is 2.11. The second-order valence-corrected chi connectivity index (χ2v) is 7.31. The van der Waals surface area contributed by atoms with E-state index in [9.17, 15) is 0 Å². The molecule has 0 bridgehead atoms. The van der Waals surface area contributed by atoms with Crippen LogP contribution in [0.5, 0.6) is 0 Å². The highest BCUT2D eigenvalue weighted by molar-refractivity contribution is 7.96. The van der Waals surface area contributed by atoms with Crippen molar-refractivity contribution >= 4 is 21.8 Å². The standard InChI is InChI=1S/C10H16S2/c1-11(2)9-5-7-10(8-6-9)12(3)4/h5-8H,1-4H3/q+2. The van der Waals surface area contributed by atoms with Crippen molar-refractivity contribution in [3.63, 3.8) is 0 Å². The molecular weight excluding hydrogens is 184 g/mol. The van der Waals surface area contributed by atoms with E-state index < -0.39 is 0 Å². The molecule has 2 heteroatoms. The van der Waals surface area contributed by atoms with Crippen LogP contribution in [0.2, 0.25) is 0 Å². The predicted molar refractivity (Wildman–Crippen MR) is 61.4 cm³/mol. The third kappa shape index (κ3) is 2.46. The van der Waals surface area contributed by atoms with E-state index in [2.05, 4.69) is 49.3 Å². The molecule has 0 aromatic heterocycles. The molecular formula is C10H16S2+2. The van der Waals surface area contributed by atoms with Gasteiger partial charge in [-0.3, -0.25) is 0 Å². The quantitative estimate of drug-likeness (QED) is 0.642. The van der Waals surface area contributed by atoms with E-state index in [0.29, 0.717) is 21.8 Å². The summed E-state index contributed by atoms with van der Waals surface area (Å²) in [6, 6.07) is 9.02. The summed E-state index contributed by atoms with van der Waals surface area (Å²) in [7, 11) is 0.805. The maximum atomic E-state index is 2.26. The Balaban J connectivity index is 2.86. The maximum Gasteiger partial charge on any atom is 0.154 e. The van der Waals surface area contributed by atoms with Crippen LogP contribution in [0.4, 0.5) is 0 Å². The Bertz CT molecular complexity index is 210. The topological polar surface area (TPSA) is 0 Å². The lowest BCUT2D eigenvalue weighted by molar-refractivity contribution is 1.34. The van der Waals surface area contributed by atoms with E-state index in [1.165, 1.54) is 9.79 Å². The molecule has 0 spiro atoms. The van der Waals surface area contributed by atoms with Crippen molar-refractivity contribution in [2.24, 2.45) is 0 Å². The fraction of sp³-hybridized carbons (Fsp3) is 0.400. The molecule has 0 saturated carbocycles. The maximum absolute atomic E-state index is 2.26. The zero-order valence-electron chi connectivity index (χ0n) is 8.13. The summed E-state index contributed by atoms with van der Waals surface area (Å²) in [4.78, 5) is 2.92. The molecule has 66 valence electrons. The van der Waals surface area contributed by atoms with Crippen LogP contribution in [0.15, 0.2) is 34.1 Å². The molecule has 0 fully saturated rings. The summed E-state index contributed by atoms with van der Waals surface area (Å²) < 4.78 is 0. The van der Waals surface area contributed by atoms with E-state index in [-0.39, 0.29) is 0 Å². The van der Waals surface area contributed by atoms with Crippen LogP contribution in [0.25, 0.3) is 0 Å². The molecule has 0 aliphatic rings. The SMILES string of the molecule is C[S+](C)c1ccc([S+](C)C)cc1. The van der Waals surface area contributed by atoms with Gasteiger partial charge >= 0.3 is 0 Å². The Morgan fingerprint density at radius 3 is 1.08 bits per heavy atom. The van der Waals surface area contributed by atoms with Crippen LogP contribution in [0, 0.1) is 0 Å². The smallest absolute Gasteiger partial charge is 0.00192 e. The monoisotopic (exact) mass is 200 g/mol. The van der Waals surface area contributed by atoms with Crippen molar-refractivity contribution in [1.29, 1.82) is 0 Å². The average molecular weight is 200 g/mol. The number of rotatable bonds is 2. The van der Waals surface area contributed by atoms with Gasteiger partial charge in [-0.05, 0) is 24.3 Å². The first-order valence-corrected chi connectivity index (χ1v) is 7.95. The highest BCUT2D eigenvalue weighted by Crippen LogP contribution is 2.14.